The first-order valence-corrected chi connectivity index (χ1v) is 7.01. The van der Waals surface area contributed by atoms with Gasteiger partial charge in [-0.1, -0.05) is 34.5 Å². The van der Waals surface area contributed by atoms with Crippen molar-refractivity contribution in [1.82, 2.24) is 10.2 Å². The lowest BCUT2D eigenvalue weighted by molar-refractivity contribution is 0.102. The Kier molecular flexibility index (Phi) is 4.57. The molecule has 100 valence electrons. The van der Waals surface area contributed by atoms with Crippen LogP contribution in [-0.2, 0) is 0 Å². The van der Waals surface area contributed by atoms with Crippen LogP contribution in [0.2, 0.25) is 10.0 Å². The Labute approximate surface area is 123 Å². The number of nitrogens with zero attached hydrogens (tertiary/aromatic N) is 2. The second-order valence-electron chi connectivity index (χ2n) is 3.53. The number of rotatable bonds is 4. The van der Waals surface area contributed by atoms with Gasteiger partial charge in [0.2, 0.25) is 10.1 Å². The minimum atomic E-state index is -0.333. The maximum absolute atomic E-state index is 11.9. The van der Waals surface area contributed by atoms with Gasteiger partial charge in [-0.05, 0) is 25.1 Å². The lowest BCUT2D eigenvalue weighted by Crippen LogP contribution is -2.11. The van der Waals surface area contributed by atoms with Crippen LogP contribution in [-0.4, -0.2) is 22.6 Å². The molecule has 0 atom stereocenters. The highest BCUT2D eigenvalue weighted by Gasteiger charge is 2.13. The molecule has 0 spiro atoms. The third-order valence-electron chi connectivity index (χ3n) is 2.12. The number of amides is 1. The number of anilines is 2. The zero-order valence-electron chi connectivity index (χ0n) is 9.91. The highest BCUT2D eigenvalue weighted by atomic mass is 35.5. The number of halogens is 2. The molecule has 2 N–H and O–H groups in total. The fourth-order valence-corrected chi connectivity index (χ4v) is 2.30. The Morgan fingerprint density at radius 2 is 2.11 bits per heavy atom. The molecule has 0 aliphatic rings. The lowest BCUT2D eigenvalue weighted by Gasteiger charge is -2.03. The molecular formula is C11H10Cl2N4OS. The van der Waals surface area contributed by atoms with Crippen molar-refractivity contribution in [2.24, 2.45) is 0 Å². The standard InChI is InChI=1S/C11H10Cl2N4OS/c1-2-14-11-17-16-10(19-11)9(18)15-6-3-4-7(12)8(13)5-6/h3-5H,2H2,1H3,(H,14,17)(H,15,18). The van der Waals surface area contributed by atoms with Crippen LogP contribution in [0.3, 0.4) is 0 Å². The monoisotopic (exact) mass is 316 g/mol. The predicted octanol–water partition coefficient (Wildman–Crippen LogP) is 3.53. The van der Waals surface area contributed by atoms with E-state index in [0.29, 0.717) is 20.9 Å². The van der Waals surface area contributed by atoms with E-state index in [1.165, 1.54) is 11.3 Å². The van der Waals surface area contributed by atoms with E-state index in [9.17, 15) is 4.79 Å². The first kappa shape index (κ1) is 14.0. The summed E-state index contributed by atoms with van der Waals surface area (Å²) in [5.74, 6) is -0.333. The zero-order valence-corrected chi connectivity index (χ0v) is 12.2. The van der Waals surface area contributed by atoms with Gasteiger partial charge in [-0.3, -0.25) is 4.79 Å². The van der Waals surface area contributed by atoms with Crippen LogP contribution in [0.15, 0.2) is 18.2 Å². The van der Waals surface area contributed by atoms with Crippen LogP contribution < -0.4 is 10.6 Å². The van der Waals surface area contributed by atoms with Gasteiger partial charge in [-0.2, -0.15) is 0 Å². The van der Waals surface area contributed by atoms with Gasteiger partial charge in [0.1, 0.15) is 0 Å². The summed E-state index contributed by atoms with van der Waals surface area (Å²) in [6.45, 7) is 2.67. The molecule has 0 unspecified atom stereocenters. The molecule has 0 bridgehead atoms. The van der Waals surface area contributed by atoms with Gasteiger partial charge in [-0.15, -0.1) is 10.2 Å². The van der Waals surface area contributed by atoms with Crippen LogP contribution in [0, 0.1) is 0 Å². The maximum atomic E-state index is 11.9. The molecule has 0 saturated carbocycles. The van der Waals surface area contributed by atoms with Crippen LogP contribution in [0.4, 0.5) is 10.8 Å². The van der Waals surface area contributed by atoms with Crippen molar-refractivity contribution >= 4 is 51.3 Å². The molecule has 0 aliphatic carbocycles. The average molecular weight is 317 g/mol. The summed E-state index contributed by atoms with van der Waals surface area (Å²) >= 11 is 12.9. The van der Waals surface area contributed by atoms with E-state index in [1.807, 2.05) is 6.92 Å². The third kappa shape index (κ3) is 3.56. The molecule has 2 aromatic rings. The van der Waals surface area contributed by atoms with Crippen molar-refractivity contribution in [3.63, 3.8) is 0 Å². The molecule has 5 nitrogen and oxygen atoms in total. The van der Waals surface area contributed by atoms with Crippen molar-refractivity contribution in [2.45, 2.75) is 6.92 Å². The number of carbonyl (C=O) groups is 1. The minimum Gasteiger partial charge on any atom is -0.360 e. The van der Waals surface area contributed by atoms with E-state index < -0.39 is 0 Å². The Morgan fingerprint density at radius 3 is 2.79 bits per heavy atom. The summed E-state index contributed by atoms with van der Waals surface area (Å²) in [6, 6.07) is 4.86. The zero-order chi connectivity index (χ0) is 13.8. The number of benzene rings is 1. The second-order valence-corrected chi connectivity index (χ2v) is 5.32. The highest BCUT2D eigenvalue weighted by Crippen LogP contribution is 2.25. The fourth-order valence-electron chi connectivity index (χ4n) is 1.30. The molecule has 0 radical (unpaired) electrons. The third-order valence-corrected chi connectivity index (χ3v) is 3.74. The van der Waals surface area contributed by atoms with Gasteiger partial charge in [0, 0.05) is 12.2 Å². The van der Waals surface area contributed by atoms with E-state index >= 15 is 0 Å². The van der Waals surface area contributed by atoms with Crippen molar-refractivity contribution < 1.29 is 4.79 Å². The van der Waals surface area contributed by atoms with Crippen LogP contribution in [0.5, 0.6) is 0 Å². The average Bonchev–Trinajstić information content (AvgIpc) is 2.83. The van der Waals surface area contributed by atoms with Gasteiger partial charge in [0.25, 0.3) is 5.91 Å². The SMILES string of the molecule is CCNc1nnc(C(=O)Nc2ccc(Cl)c(Cl)c2)s1. The number of hydrogen-bond donors (Lipinski definition) is 2. The molecule has 1 aromatic heterocycles. The maximum Gasteiger partial charge on any atom is 0.286 e. The van der Waals surface area contributed by atoms with E-state index in [4.69, 9.17) is 23.2 Å². The molecular weight excluding hydrogens is 307 g/mol. The Balaban J connectivity index is 2.09. The number of carbonyl (C=O) groups excluding carboxylic acids is 1. The molecule has 2 rings (SSSR count). The molecule has 8 heteroatoms. The quantitative estimate of drug-likeness (QED) is 0.905. The molecule has 0 saturated heterocycles. The van der Waals surface area contributed by atoms with Crippen LogP contribution >= 0.6 is 34.5 Å². The highest BCUT2D eigenvalue weighted by molar-refractivity contribution is 7.17. The summed E-state index contributed by atoms with van der Waals surface area (Å²) in [4.78, 5) is 11.9. The summed E-state index contributed by atoms with van der Waals surface area (Å²) in [7, 11) is 0. The second kappa shape index (κ2) is 6.18. The number of aromatic nitrogens is 2. The Morgan fingerprint density at radius 1 is 1.32 bits per heavy atom. The summed E-state index contributed by atoms with van der Waals surface area (Å²) in [5, 5.41) is 15.0. The Bertz CT molecular complexity index is 602. The molecule has 0 aliphatic heterocycles. The van der Waals surface area contributed by atoms with Crippen molar-refractivity contribution in [3.05, 3.63) is 33.3 Å². The minimum absolute atomic E-state index is 0.280. The first-order chi connectivity index (χ1) is 9.10. The van der Waals surface area contributed by atoms with E-state index in [0.717, 1.165) is 6.54 Å². The summed E-state index contributed by atoms with van der Waals surface area (Å²) in [6.07, 6.45) is 0. The number of nitrogens with one attached hydrogen (secondary N) is 2. The fraction of sp³-hybridized carbons (Fsp3) is 0.182. The van der Waals surface area contributed by atoms with Gasteiger partial charge in [-0.25, -0.2) is 0 Å². The Hall–Kier alpha value is -1.37. The normalized spacial score (nSPS) is 10.3. The van der Waals surface area contributed by atoms with Crippen LogP contribution in [0.1, 0.15) is 16.7 Å². The van der Waals surface area contributed by atoms with Gasteiger partial charge < -0.3 is 10.6 Å². The molecule has 1 amide bonds. The number of hydrogen-bond acceptors (Lipinski definition) is 5. The molecule has 1 aromatic carbocycles. The largest absolute Gasteiger partial charge is 0.360 e. The van der Waals surface area contributed by atoms with Gasteiger partial charge >= 0.3 is 0 Å². The van der Waals surface area contributed by atoms with E-state index in [2.05, 4.69) is 20.8 Å². The molecule has 1 heterocycles. The molecule has 19 heavy (non-hydrogen) atoms. The molecule has 0 fully saturated rings. The van der Waals surface area contributed by atoms with E-state index in [1.54, 1.807) is 18.2 Å². The topological polar surface area (TPSA) is 66.9 Å². The van der Waals surface area contributed by atoms with Crippen LogP contribution in [0.25, 0.3) is 0 Å². The van der Waals surface area contributed by atoms with Gasteiger partial charge in [0.05, 0.1) is 10.0 Å². The lowest BCUT2D eigenvalue weighted by atomic mass is 10.3. The summed E-state index contributed by atoms with van der Waals surface area (Å²) in [5.41, 5.74) is 0.555. The van der Waals surface area contributed by atoms with E-state index in [-0.39, 0.29) is 10.9 Å². The predicted molar refractivity (Wildman–Crippen MR) is 78.5 cm³/mol. The van der Waals surface area contributed by atoms with Crippen molar-refractivity contribution in [1.29, 1.82) is 0 Å². The first-order valence-electron chi connectivity index (χ1n) is 5.44. The summed E-state index contributed by atoms with van der Waals surface area (Å²) < 4.78 is 0. The van der Waals surface area contributed by atoms with Crippen molar-refractivity contribution in [2.75, 3.05) is 17.2 Å². The smallest absolute Gasteiger partial charge is 0.286 e. The van der Waals surface area contributed by atoms with Gasteiger partial charge in [0.15, 0.2) is 0 Å². The van der Waals surface area contributed by atoms with Crippen molar-refractivity contribution in [3.8, 4) is 0 Å².